The van der Waals surface area contributed by atoms with Gasteiger partial charge in [-0.2, -0.15) is 0 Å². The number of hydrogen-bond acceptors (Lipinski definition) is 3. The summed E-state index contributed by atoms with van der Waals surface area (Å²) in [6.07, 6.45) is 2.02. The average Bonchev–Trinajstić information content (AvgIpc) is 3.18. The molecule has 158 valence electrons. The second-order valence-corrected chi connectivity index (χ2v) is 7.45. The number of hydrogen-bond donors (Lipinski definition) is 1. The third-order valence-electron chi connectivity index (χ3n) is 5.20. The van der Waals surface area contributed by atoms with E-state index < -0.39 is 0 Å². The SMILES string of the molecule is O=C(CCCOc1ccccc1)NCc1nc2ccccc2n1CCc1ccccc1. The maximum atomic E-state index is 12.3. The first kappa shape index (κ1) is 20.7. The number of nitrogens with zero attached hydrogens (tertiary/aromatic N) is 2. The van der Waals surface area contributed by atoms with Crippen molar-refractivity contribution in [3.63, 3.8) is 0 Å². The Morgan fingerprint density at radius 3 is 2.42 bits per heavy atom. The molecule has 4 rings (SSSR count). The summed E-state index contributed by atoms with van der Waals surface area (Å²) in [7, 11) is 0. The molecule has 3 aromatic carbocycles. The minimum absolute atomic E-state index is 0.0123. The molecule has 5 heteroatoms. The zero-order valence-electron chi connectivity index (χ0n) is 17.5. The molecule has 0 fully saturated rings. The molecule has 5 nitrogen and oxygen atoms in total. The monoisotopic (exact) mass is 413 g/mol. The van der Waals surface area contributed by atoms with E-state index in [1.165, 1.54) is 5.56 Å². The Labute approximate surface area is 182 Å². The summed E-state index contributed by atoms with van der Waals surface area (Å²) < 4.78 is 7.87. The number of carbonyl (C=O) groups is 1. The molecule has 0 bridgehead atoms. The van der Waals surface area contributed by atoms with Crippen LogP contribution in [0.1, 0.15) is 24.2 Å². The lowest BCUT2D eigenvalue weighted by molar-refractivity contribution is -0.121. The molecule has 0 spiro atoms. The Balaban J connectivity index is 1.32. The fourth-order valence-electron chi connectivity index (χ4n) is 3.60. The van der Waals surface area contributed by atoms with E-state index in [4.69, 9.17) is 9.72 Å². The Bertz CT molecular complexity index is 1110. The maximum Gasteiger partial charge on any atom is 0.220 e. The highest BCUT2D eigenvalue weighted by atomic mass is 16.5. The lowest BCUT2D eigenvalue weighted by Crippen LogP contribution is -2.25. The fraction of sp³-hybridized carbons (Fsp3) is 0.231. The van der Waals surface area contributed by atoms with Gasteiger partial charge in [-0.15, -0.1) is 0 Å². The third kappa shape index (κ3) is 5.72. The van der Waals surface area contributed by atoms with E-state index >= 15 is 0 Å². The number of rotatable bonds is 10. The number of nitrogens with one attached hydrogen (secondary N) is 1. The Hall–Kier alpha value is -3.60. The zero-order valence-corrected chi connectivity index (χ0v) is 17.5. The highest BCUT2D eigenvalue weighted by molar-refractivity contribution is 5.77. The molecule has 1 amide bonds. The number of carbonyl (C=O) groups excluding carboxylic acids is 1. The summed E-state index contributed by atoms with van der Waals surface area (Å²) in [5, 5.41) is 3.02. The minimum Gasteiger partial charge on any atom is -0.494 e. The first-order valence-corrected chi connectivity index (χ1v) is 10.7. The normalized spacial score (nSPS) is 10.8. The molecule has 0 unspecified atom stereocenters. The lowest BCUT2D eigenvalue weighted by atomic mass is 10.1. The number of benzene rings is 3. The van der Waals surface area contributed by atoms with Gasteiger partial charge in [-0.05, 0) is 42.7 Å². The summed E-state index contributed by atoms with van der Waals surface area (Å²) in [4.78, 5) is 17.1. The van der Waals surface area contributed by atoms with Crippen LogP contribution in [-0.2, 0) is 24.3 Å². The number of ether oxygens (including phenoxy) is 1. The topological polar surface area (TPSA) is 56.1 Å². The fourth-order valence-corrected chi connectivity index (χ4v) is 3.60. The van der Waals surface area contributed by atoms with E-state index in [0.29, 0.717) is 26.0 Å². The van der Waals surface area contributed by atoms with Crippen molar-refractivity contribution < 1.29 is 9.53 Å². The van der Waals surface area contributed by atoms with Crippen molar-refractivity contribution in [2.45, 2.75) is 32.4 Å². The molecule has 4 aromatic rings. The maximum absolute atomic E-state index is 12.3. The van der Waals surface area contributed by atoms with Gasteiger partial charge in [0.25, 0.3) is 0 Å². The van der Waals surface area contributed by atoms with Crippen LogP contribution in [0.15, 0.2) is 84.9 Å². The van der Waals surface area contributed by atoms with Crippen LogP contribution in [0.25, 0.3) is 11.0 Å². The van der Waals surface area contributed by atoms with Crippen molar-refractivity contribution >= 4 is 16.9 Å². The second kappa shape index (κ2) is 10.4. The second-order valence-electron chi connectivity index (χ2n) is 7.45. The number of aromatic nitrogens is 2. The molecule has 1 heterocycles. The van der Waals surface area contributed by atoms with Gasteiger partial charge in [-0.25, -0.2) is 4.98 Å². The molecular formula is C26H27N3O2. The predicted molar refractivity (Wildman–Crippen MR) is 123 cm³/mol. The number of imidazole rings is 1. The Morgan fingerprint density at radius 1 is 0.903 bits per heavy atom. The van der Waals surface area contributed by atoms with E-state index in [-0.39, 0.29) is 5.91 Å². The van der Waals surface area contributed by atoms with Crippen LogP contribution in [0.4, 0.5) is 0 Å². The van der Waals surface area contributed by atoms with Gasteiger partial charge >= 0.3 is 0 Å². The van der Waals surface area contributed by atoms with E-state index in [1.807, 2.05) is 54.6 Å². The molecule has 0 saturated carbocycles. The molecule has 0 saturated heterocycles. The van der Waals surface area contributed by atoms with Crippen LogP contribution < -0.4 is 10.1 Å². The van der Waals surface area contributed by atoms with E-state index in [1.54, 1.807) is 0 Å². The molecule has 0 aliphatic rings. The quantitative estimate of drug-likeness (QED) is 0.382. The Morgan fingerprint density at radius 2 is 1.61 bits per heavy atom. The number of para-hydroxylation sites is 3. The Kier molecular flexibility index (Phi) is 6.96. The van der Waals surface area contributed by atoms with E-state index in [0.717, 1.165) is 35.6 Å². The average molecular weight is 414 g/mol. The summed E-state index contributed by atoms with van der Waals surface area (Å²) in [6, 6.07) is 28.2. The van der Waals surface area contributed by atoms with Crippen molar-refractivity contribution in [2.75, 3.05) is 6.61 Å². The molecule has 0 aliphatic carbocycles. The van der Waals surface area contributed by atoms with Gasteiger partial charge in [-0.3, -0.25) is 4.79 Å². The van der Waals surface area contributed by atoms with Gasteiger partial charge in [0.1, 0.15) is 11.6 Å². The standard InChI is InChI=1S/C26H27N3O2/c30-26(16-9-19-31-22-12-5-2-6-13-22)27-20-25-28-23-14-7-8-15-24(23)29(25)18-17-21-10-3-1-4-11-21/h1-8,10-15H,9,16-20H2,(H,27,30). The van der Waals surface area contributed by atoms with Gasteiger partial charge in [-0.1, -0.05) is 60.7 Å². The van der Waals surface area contributed by atoms with Crippen molar-refractivity contribution in [3.8, 4) is 5.75 Å². The summed E-state index contributed by atoms with van der Waals surface area (Å²) in [5.41, 5.74) is 3.34. The molecule has 1 aromatic heterocycles. The van der Waals surface area contributed by atoms with Gasteiger partial charge in [0.05, 0.1) is 24.2 Å². The summed E-state index contributed by atoms with van der Waals surface area (Å²) in [6.45, 7) is 1.76. The highest BCUT2D eigenvalue weighted by Gasteiger charge is 2.12. The van der Waals surface area contributed by atoms with Gasteiger partial charge < -0.3 is 14.6 Å². The summed E-state index contributed by atoms with van der Waals surface area (Å²) >= 11 is 0. The van der Waals surface area contributed by atoms with Crippen LogP contribution in [0, 0.1) is 0 Å². The van der Waals surface area contributed by atoms with Gasteiger partial charge in [0.2, 0.25) is 5.91 Å². The van der Waals surface area contributed by atoms with Crippen molar-refractivity contribution in [1.82, 2.24) is 14.9 Å². The van der Waals surface area contributed by atoms with Crippen LogP contribution in [0.2, 0.25) is 0 Å². The molecule has 0 atom stereocenters. The molecule has 31 heavy (non-hydrogen) atoms. The van der Waals surface area contributed by atoms with Crippen molar-refractivity contribution in [3.05, 3.63) is 96.3 Å². The zero-order chi connectivity index (χ0) is 21.3. The smallest absolute Gasteiger partial charge is 0.220 e. The summed E-state index contributed by atoms with van der Waals surface area (Å²) in [5.74, 6) is 1.72. The number of aryl methyl sites for hydroxylation is 2. The van der Waals surface area contributed by atoms with Crippen LogP contribution in [0.3, 0.4) is 0 Å². The van der Waals surface area contributed by atoms with Crippen LogP contribution >= 0.6 is 0 Å². The third-order valence-corrected chi connectivity index (χ3v) is 5.20. The number of fused-ring (bicyclic) bond motifs is 1. The molecular weight excluding hydrogens is 386 g/mol. The van der Waals surface area contributed by atoms with Crippen molar-refractivity contribution in [2.24, 2.45) is 0 Å². The van der Waals surface area contributed by atoms with E-state index in [9.17, 15) is 4.79 Å². The van der Waals surface area contributed by atoms with Gasteiger partial charge in [0, 0.05) is 13.0 Å². The molecule has 1 N–H and O–H groups in total. The number of amides is 1. The van der Waals surface area contributed by atoms with E-state index in [2.05, 4.69) is 40.2 Å². The highest BCUT2D eigenvalue weighted by Crippen LogP contribution is 2.17. The molecule has 0 aliphatic heterocycles. The largest absolute Gasteiger partial charge is 0.494 e. The first-order chi connectivity index (χ1) is 15.3. The van der Waals surface area contributed by atoms with Crippen molar-refractivity contribution in [1.29, 1.82) is 0 Å². The molecule has 0 radical (unpaired) electrons. The van der Waals surface area contributed by atoms with Gasteiger partial charge in [0.15, 0.2) is 0 Å². The first-order valence-electron chi connectivity index (χ1n) is 10.7. The predicted octanol–water partition coefficient (Wildman–Crippen LogP) is 4.75. The minimum atomic E-state index is 0.0123. The van der Waals surface area contributed by atoms with Crippen LogP contribution in [0.5, 0.6) is 5.75 Å². The lowest BCUT2D eigenvalue weighted by Gasteiger charge is -2.11. The van der Waals surface area contributed by atoms with Crippen LogP contribution in [-0.4, -0.2) is 22.1 Å².